The Labute approximate surface area is 81.1 Å². The highest BCUT2D eigenvalue weighted by molar-refractivity contribution is 7.85. The van der Waals surface area contributed by atoms with Crippen molar-refractivity contribution in [2.45, 2.75) is 11.8 Å². The quantitative estimate of drug-likeness (QED) is 0.733. The topological polar surface area (TPSA) is 78.2 Å². The summed E-state index contributed by atoms with van der Waals surface area (Å²) >= 11 is 5.57. The van der Waals surface area contributed by atoms with Crippen molar-refractivity contribution in [3.05, 3.63) is 22.7 Å². The van der Waals surface area contributed by atoms with Crippen molar-refractivity contribution in [2.24, 2.45) is 0 Å². The minimum atomic E-state index is -4.25. The Morgan fingerprint density at radius 1 is 1.46 bits per heavy atom. The van der Waals surface area contributed by atoms with Gasteiger partial charge in [-0.15, -0.1) is 0 Å². The predicted molar refractivity (Wildman–Crippen MR) is 48.8 cm³/mol. The van der Waals surface area contributed by atoms with Crippen molar-refractivity contribution < 1.29 is 13.0 Å². The van der Waals surface area contributed by atoms with Gasteiger partial charge in [-0.2, -0.15) is 8.42 Å². The number of hydrogen-bond acceptors (Lipinski definition) is 2. The molecule has 0 amide bonds. The fourth-order valence-electron chi connectivity index (χ4n) is 0.931. The number of hydrogen-bond donors (Lipinski definition) is 1. The average Bonchev–Trinajstić information content (AvgIpc) is 1.94. The van der Waals surface area contributed by atoms with Gasteiger partial charge >= 0.3 is 0 Å². The maximum Gasteiger partial charge on any atom is 0.294 e. The predicted octanol–water partition coefficient (Wildman–Crippen LogP) is 1.81. The first-order chi connectivity index (χ1) is 5.82. The maximum atomic E-state index is 10.7. The van der Waals surface area contributed by atoms with Crippen LogP contribution in [0.3, 0.4) is 0 Å². The summed E-state index contributed by atoms with van der Waals surface area (Å²) in [5.41, 5.74) is 7.43. The van der Waals surface area contributed by atoms with Crippen LogP contribution in [0.4, 0.5) is 5.69 Å². The number of aryl methyl sites for hydroxylation is 1. The van der Waals surface area contributed by atoms with Gasteiger partial charge in [-0.1, -0.05) is 11.6 Å². The van der Waals surface area contributed by atoms with Gasteiger partial charge in [0.25, 0.3) is 10.1 Å². The van der Waals surface area contributed by atoms with E-state index in [1.165, 1.54) is 13.0 Å². The lowest BCUT2D eigenvalue weighted by atomic mass is 10.2. The Hall–Kier alpha value is -0.780. The monoisotopic (exact) mass is 220 g/mol. The molecule has 1 aromatic carbocycles. The van der Waals surface area contributed by atoms with Gasteiger partial charge in [-0.05, 0) is 24.6 Å². The van der Waals surface area contributed by atoms with Crippen LogP contribution >= 0.6 is 11.6 Å². The molecular weight excluding hydrogens is 214 g/mol. The molecule has 0 heterocycles. The van der Waals surface area contributed by atoms with E-state index in [2.05, 4.69) is 0 Å². The first kappa shape index (κ1) is 10.3. The molecule has 1 radical (unpaired) electrons. The van der Waals surface area contributed by atoms with Gasteiger partial charge in [-0.3, -0.25) is 10.3 Å². The Kier molecular flexibility index (Phi) is 2.51. The molecule has 0 bridgehead atoms. The molecule has 71 valence electrons. The van der Waals surface area contributed by atoms with E-state index in [1.807, 2.05) is 0 Å². The van der Waals surface area contributed by atoms with Gasteiger partial charge in [-0.25, -0.2) is 0 Å². The molecule has 0 spiro atoms. The SMILES string of the molecule is Cc1cc(Cl)c([NH])cc1S(=O)(=O)O. The number of nitrogens with one attached hydrogen (secondary N) is 1. The zero-order chi connectivity index (χ0) is 10.2. The third-order valence-electron chi connectivity index (χ3n) is 1.54. The third-order valence-corrected chi connectivity index (χ3v) is 2.85. The lowest BCUT2D eigenvalue weighted by Gasteiger charge is -2.04. The molecule has 0 aliphatic carbocycles. The number of halogens is 1. The zero-order valence-electron chi connectivity index (χ0n) is 6.70. The van der Waals surface area contributed by atoms with E-state index in [9.17, 15) is 8.42 Å². The van der Waals surface area contributed by atoms with Crippen molar-refractivity contribution >= 4 is 27.4 Å². The van der Waals surface area contributed by atoms with Gasteiger partial charge in [0.1, 0.15) is 0 Å². The van der Waals surface area contributed by atoms with Crippen LogP contribution < -0.4 is 5.73 Å². The summed E-state index contributed by atoms with van der Waals surface area (Å²) in [4.78, 5) is -0.276. The second-order valence-corrected chi connectivity index (χ2v) is 4.37. The van der Waals surface area contributed by atoms with E-state index in [0.717, 1.165) is 6.07 Å². The van der Waals surface area contributed by atoms with Crippen LogP contribution in [0.1, 0.15) is 5.56 Å². The number of benzene rings is 1. The lowest BCUT2D eigenvalue weighted by Crippen LogP contribution is -2.00. The molecule has 0 saturated carbocycles. The largest absolute Gasteiger partial charge is 0.299 e. The van der Waals surface area contributed by atoms with Gasteiger partial charge in [0.15, 0.2) is 0 Å². The normalized spacial score (nSPS) is 11.6. The lowest BCUT2D eigenvalue weighted by molar-refractivity contribution is 0.482. The Bertz CT molecular complexity index is 441. The van der Waals surface area contributed by atoms with Crippen molar-refractivity contribution in [1.82, 2.24) is 5.73 Å². The minimum absolute atomic E-state index is 0.125. The second-order valence-electron chi connectivity index (χ2n) is 2.57. The molecule has 0 aliphatic heterocycles. The summed E-state index contributed by atoms with van der Waals surface area (Å²) < 4.78 is 30.2. The average molecular weight is 221 g/mol. The summed E-state index contributed by atoms with van der Waals surface area (Å²) in [6, 6.07) is 2.35. The van der Waals surface area contributed by atoms with Gasteiger partial charge < -0.3 is 0 Å². The van der Waals surface area contributed by atoms with Crippen molar-refractivity contribution in [2.75, 3.05) is 0 Å². The van der Waals surface area contributed by atoms with Crippen molar-refractivity contribution in [3.8, 4) is 0 Å². The van der Waals surface area contributed by atoms with Crippen LogP contribution in [0.5, 0.6) is 0 Å². The fraction of sp³-hybridized carbons (Fsp3) is 0.143. The van der Waals surface area contributed by atoms with Crippen molar-refractivity contribution in [3.63, 3.8) is 0 Å². The summed E-state index contributed by atoms with van der Waals surface area (Å²) in [6.07, 6.45) is 0. The molecule has 0 saturated heterocycles. The molecule has 0 unspecified atom stereocenters. The molecule has 1 rings (SSSR count). The van der Waals surface area contributed by atoms with E-state index >= 15 is 0 Å². The van der Waals surface area contributed by atoms with E-state index in [-0.39, 0.29) is 15.6 Å². The molecular formula is C7H7ClNO3S. The molecule has 2 N–H and O–H groups in total. The van der Waals surface area contributed by atoms with Crippen LogP contribution in [0.25, 0.3) is 0 Å². The van der Waals surface area contributed by atoms with Crippen LogP contribution in [0.2, 0.25) is 5.02 Å². The highest BCUT2D eigenvalue weighted by atomic mass is 35.5. The van der Waals surface area contributed by atoms with Crippen LogP contribution in [-0.4, -0.2) is 13.0 Å². The number of rotatable bonds is 1. The van der Waals surface area contributed by atoms with Gasteiger partial charge in [0.2, 0.25) is 0 Å². The molecule has 0 fully saturated rings. The molecule has 13 heavy (non-hydrogen) atoms. The van der Waals surface area contributed by atoms with Crippen LogP contribution in [0.15, 0.2) is 17.0 Å². The molecule has 0 aromatic heterocycles. The highest BCUT2D eigenvalue weighted by Crippen LogP contribution is 2.26. The Balaban J connectivity index is 3.50. The molecule has 4 nitrogen and oxygen atoms in total. The first-order valence-corrected chi connectivity index (χ1v) is 5.13. The first-order valence-electron chi connectivity index (χ1n) is 3.31. The molecule has 0 atom stereocenters. The van der Waals surface area contributed by atoms with Crippen LogP contribution in [0, 0.1) is 6.92 Å². The highest BCUT2D eigenvalue weighted by Gasteiger charge is 2.14. The van der Waals surface area contributed by atoms with E-state index < -0.39 is 10.1 Å². The standard InChI is InChI=1S/C7H7ClNO3S/c1-4-2-5(8)6(9)3-7(4)13(10,11)12/h2-3,9H,1H3,(H,10,11,12). The van der Waals surface area contributed by atoms with E-state index in [1.54, 1.807) is 0 Å². The Morgan fingerprint density at radius 2 is 2.00 bits per heavy atom. The van der Waals surface area contributed by atoms with Gasteiger partial charge in [0, 0.05) is 0 Å². The summed E-state index contributed by atoms with van der Waals surface area (Å²) in [7, 11) is -4.25. The molecule has 0 aliphatic rings. The second kappa shape index (κ2) is 3.17. The zero-order valence-corrected chi connectivity index (χ0v) is 8.28. The molecule has 1 aromatic rings. The summed E-state index contributed by atoms with van der Waals surface area (Å²) in [6.45, 7) is 1.49. The molecule has 6 heteroatoms. The van der Waals surface area contributed by atoms with Crippen LogP contribution in [-0.2, 0) is 10.1 Å². The summed E-state index contributed by atoms with van der Waals surface area (Å²) in [5, 5.41) is 0.157. The maximum absolute atomic E-state index is 10.7. The van der Waals surface area contributed by atoms with E-state index in [0.29, 0.717) is 5.56 Å². The third kappa shape index (κ3) is 2.12. The minimum Gasteiger partial charge on any atom is -0.299 e. The van der Waals surface area contributed by atoms with Gasteiger partial charge in [0.05, 0.1) is 15.6 Å². The van der Waals surface area contributed by atoms with Crippen molar-refractivity contribution in [1.29, 1.82) is 0 Å². The summed E-state index contributed by atoms with van der Waals surface area (Å²) in [5.74, 6) is 0. The Morgan fingerprint density at radius 3 is 2.46 bits per heavy atom. The smallest absolute Gasteiger partial charge is 0.294 e. The fourth-order valence-corrected chi connectivity index (χ4v) is 1.88. The van der Waals surface area contributed by atoms with E-state index in [4.69, 9.17) is 21.9 Å².